The largest absolute Gasteiger partial charge is 0.492 e. The standard InChI is InChI=1S/C19H20Cl2N4O3S/c1-25-17(5-3-9-28-16-7-6-13(20)10-15(16)21)23-24-19(25)29-12-18(26)22-11-14-4-2-8-27-14/h2,4,6-8,10H,3,5,9,11-12H2,1H3,(H,22,26). The maximum atomic E-state index is 12.0. The van der Waals surface area contributed by atoms with Gasteiger partial charge in [-0.15, -0.1) is 10.2 Å². The van der Waals surface area contributed by atoms with Gasteiger partial charge in [-0.2, -0.15) is 0 Å². The number of rotatable bonds is 10. The van der Waals surface area contributed by atoms with Crippen molar-refractivity contribution in [2.45, 2.75) is 24.5 Å². The van der Waals surface area contributed by atoms with Crippen molar-refractivity contribution in [2.24, 2.45) is 7.05 Å². The average molecular weight is 455 g/mol. The van der Waals surface area contributed by atoms with E-state index in [0.29, 0.717) is 46.3 Å². The molecule has 7 nitrogen and oxygen atoms in total. The molecule has 3 rings (SSSR count). The summed E-state index contributed by atoms with van der Waals surface area (Å²) in [7, 11) is 1.88. The molecule has 0 aliphatic carbocycles. The highest BCUT2D eigenvalue weighted by Gasteiger charge is 2.12. The van der Waals surface area contributed by atoms with Crippen LogP contribution in [-0.2, 0) is 24.8 Å². The van der Waals surface area contributed by atoms with E-state index in [4.69, 9.17) is 32.4 Å². The maximum absolute atomic E-state index is 12.0. The Balaban J connectivity index is 1.40. The summed E-state index contributed by atoms with van der Waals surface area (Å²) in [6.07, 6.45) is 3.02. The summed E-state index contributed by atoms with van der Waals surface area (Å²) < 4.78 is 12.8. The van der Waals surface area contributed by atoms with Gasteiger partial charge in [0.15, 0.2) is 5.16 Å². The Bertz CT molecular complexity index is 947. The second kappa shape index (κ2) is 10.6. The molecule has 0 atom stereocenters. The topological polar surface area (TPSA) is 82.2 Å². The van der Waals surface area contributed by atoms with Crippen molar-refractivity contribution in [3.63, 3.8) is 0 Å². The van der Waals surface area contributed by atoms with Crippen molar-refractivity contribution in [1.82, 2.24) is 20.1 Å². The molecule has 0 saturated carbocycles. The number of nitrogens with one attached hydrogen (secondary N) is 1. The Morgan fingerprint density at radius 1 is 1.31 bits per heavy atom. The highest BCUT2D eigenvalue weighted by Crippen LogP contribution is 2.27. The summed E-state index contributed by atoms with van der Waals surface area (Å²) in [5.74, 6) is 2.31. The minimum Gasteiger partial charge on any atom is -0.492 e. The van der Waals surface area contributed by atoms with Crippen LogP contribution in [0.3, 0.4) is 0 Å². The van der Waals surface area contributed by atoms with Crippen LogP contribution < -0.4 is 10.1 Å². The first-order chi connectivity index (χ1) is 14.0. The summed E-state index contributed by atoms with van der Waals surface area (Å²) >= 11 is 13.3. The summed E-state index contributed by atoms with van der Waals surface area (Å²) in [6, 6.07) is 8.73. The minimum absolute atomic E-state index is 0.0933. The van der Waals surface area contributed by atoms with Gasteiger partial charge in [-0.25, -0.2) is 0 Å². The lowest BCUT2D eigenvalue weighted by Crippen LogP contribution is -2.24. The number of hydrogen-bond donors (Lipinski definition) is 1. The molecule has 0 aliphatic rings. The quantitative estimate of drug-likeness (QED) is 0.366. The second-order valence-corrected chi connectivity index (χ2v) is 7.92. The molecule has 2 aromatic heterocycles. The van der Waals surface area contributed by atoms with E-state index in [2.05, 4.69) is 15.5 Å². The van der Waals surface area contributed by atoms with Crippen LogP contribution >= 0.6 is 35.0 Å². The van der Waals surface area contributed by atoms with Crippen LogP contribution in [0.2, 0.25) is 10.0 Å². The van der Waals surface area contributed by atoms with E-state index in [1.165, 1.54) is 11.8 Å². The lowest BCUT2D eigenvalue weighted by Gasteiger charge is -2.08. The van der Waals surface area contributed by atoms with Crippen LogP contribution in [0, 0.1) is 0 Å². The number of carbonyl (C=O) groups is 1. The van der Waals surface area contributed by atoms with Gasteiger partial charge < -0.3 is 19.0 Å². The van der Waals surface area contributed by atoms with Crippen LogP contribution in [-0.4, -0.2) is 33.0 Å². The molecule has 0 aliphatic heterocycles. The van der Waals surface area contributed by atoms with Gasteiger partial charge >= 0.3 is 0 Å². The molecule has 154 valence electrons. The second-order valence-electron chi connectivity index (χ2n) is 6.13. The molecule has 2 heterocycles. The van der Waals surface area contributed by atoms with Gasteiger partial charge in [0.2, 0.25) is 5.91 Å². The number of furan rings is 1. The van der Waals surface area contributed by atoms with Crippen molar-refractivity contribution < 1.29 is 13.9 Å². The number of halogens is 2. The van der Waals surface area contributed by atoms with Gasteiger partial charge in [-0.05, 0) is 36.8 Å². The van der Waals surface area contributed by atoms with E-state index in [1.807, 2.05) is 17.7 Å². The normalized spacial score (nSPS) is 10.9. The number of thioether (sulfide) groups is 1. The molecular formula is C19H20Cl2N4O3S. The van der Waals surface area contributed by atoms with E-state index in [-0.39, 0.29) is 11.7 Å². The molecule has 0 saturated heterocycles. The summed E-state index contributed by atoms with van der Waals surface area (Å²) in [5.41, 5.74) is 0. The Morgan fingerprint density at radius 3 is 2.93 bits per heavy atom. The zero-order valence-electron chi connectivity index (χ0n) is 15.7. The molecule has 1 N–H and O–H groups in total. The molecule has 3 aromatic rings. The molecular weight excluding hydrogens is 435 g/mol. The van der Waals surface area contributed by atoms with E-state index in [0.717, 1.165) is 12.2 Å². The Morgan fingerprint density at radius 2 is 2.17 bits per heavy atom. The van der Waals surface area contributed by atoms with Crippen LogP contribution in [0.1, 0.15) is 18.0 Å². The zero-order valence-corrected chi connectivity index (χ0v) is 18.1. The fourth-order valence-electron chi connectivity index (χ4n) is 2.47. The van der Waals surface area contributed by atoms with Gasteiger partial charge in [-0.3, -0.25) is 4.79 Å². The number of hydrogen-bond acceptors (Lipinski definition) is 6. The lowest BCUT2D eigenvalue weighted by atomic mass is 10.3. The number of amides is 1. The maximum Gasteiger partial charge on any atom is 0.230 e. The Hall–Kier alpha value is -2.16. The van der Waals surface area contributed by atoms with E-state index >= 15 is 0 Å². The van der Waals surface area contributed by atoms with Gasteiger partial charge in [0.05, 0.1) is 30.2 Å². The third-order valence-corrected chi connectivity index (χ3v) is 5.54. The molecule has 29 heavy (non-hydrogen) atoms. The summed E-state index contributed by atoms with van der Waals surface area (Å²) in [6.45, 7) is 0.861. The van der Waals surface area contributed by atoms with Crippen LogP contribution in [0.4, 0.5) is 0 Å². The van der Waals surface area contributed by atoms with E-state index < -0.39 is 0 Å². The third kappa shape index (κ3) is 6.42. The van der Waals surface area contributed by atoms with Gasteiger partial charge in [0.1, 0.15) is 17.3 Å². The first-order valence-corrected chi connectivity index (χ1v) is 10.6. The minimum atomic E-state index is -0.0933. The smallest absolute Gasteiger partial charge is 0.230 e. The van der Waals surface area contributed by atoms with E-state index in [1.54, 1.807) is 30.5 Å². The van der Waals surface area contributed by atoms with Crippen molar-refractivity contribution in [1.29, 1.82) is 0 Å². The van der Waals surface area contributed by atoms with Crippen LogP contribution in [0.15, 0.2) is 46.2 Å². The molecule has 1 amide bonds. The predicted molar refractivity (Wildman–Crippen MR) is 113 cm³/mol. The van der Waals surface area contributed by atoms with Crippen LogP contribution in [0.25, 0.3) is 0 Å². The molecule has 1 aromatic carbocycles. The predicted octanol–water partition coefficient (Wildman–Crippen LogP) is 4.14. The van der Waals surface area contributed by atoms with Crippen LogP contribution in [0.5, 0.6) is 5.75 Å². The molecule has 0 spiro atoms. The third-order valence-electron chi connectivity index (χ3n) is 3.99. The number of benzene rings is 1. The molecule has 0 fully saturated rings. The van der Waals surface area contributed by atoms with Gasteiger partial charge in [0.25, 0.3) is 0 Å². The molecule has 0 unspecified atom stereocenters. The van der Waals surface area contributed by atoms with Crippen molar-refractivity contribution in [3.05, 3.63) is 58.2 Å². The van der Waals surface area contributed by atoms with Crippen molar-refractivity contribution in [3.8, 4) is 5.75 Å². The SMILES string of the molecule is Cn1c(CCCOc2ccc(Cl)cc2Cl)nnc1SCC(=O)NCc1ccco1. The average Bonchev–Trinajstić information content (AvgIpc) is 3.33. The fourth-order valence-corrected chi connectivity index (χ4v) is 3.70. The number of carbonyl (C=O) groups excluding carboxylic acids is 1. The monoisotopic (exact) mass is 454 g/mol. The molecule has 0 radical (unpaired) electrons. The number of ether oxygens (including phenoxy) is 1. The van der Waals surface area contributed by atoms with Gasteiger partial charge in [-0.1, -0.05) is 35.0 Å². The summed E-state index contributed by atoms with van der Waals surface area (Å²) in [4.78, 5) is 12.0. The highest BCUT2D eigenvalue weighted by molar-refractivity contribution is 7.99. The summed E-state index contributed by atoms with van der Waals surface area (Å²) in [5, 5.41) is 12.9. The zero-order chi connectivity index (χ0) is 20.6. The Kier molecular flexibility index (Phi) is 7.85. The number of aromatic nitrogens is 3. The molecule has 0 bridgehead atoms. The highest BCUT2D eigenvalue weighted by atomic mass is 35.5. The first-order valence-electron chi connectivity index (χ1n) is 8.91. The lowest BCUT2D eigenvalue weighted by molar-refractivity contribution is -0.118. The van der Waals surface area contributed by atoms with Crippen molar-refractivity contribution in [2.75, 3.05) is 12.4 Å². The first kappa shape index (κ1) is 21.5. The van der Waals surface area contributed by atoms with E-state index in [9.17, 15) is 4.79 Å². The molecule has 10 heteroatoms. The van der Waals surface area contributed by atoms with Gasteiger partial charge in [0, 0.05) is 18.5 Å². The Labute approximate surface area is 182 Å². The van der Waals surface area contributed by atoms with Crippen molar-refractivity contribution >= 4 is 40.9 Å². The fraction of sp³-hybridized carbons (Fsp3) is 0.316. The number of aryl methyl sites for hydroxylation is 1. The number of nitrogens with zero attached hydrogens (tertiary/aromatic N) is 3.